The molecule has 48 heavy (non-hydrogen) atoms. The summed E-state index contributed by atoms with van der Waals surface area (Å²) in [5.41, 5.74) is 14.4. The Balaban J connectivity index is 1.28. The summed E-state index contributed by atoms with van der Waals surface area (Å²) in [6.45, 7) is 13.0. The van der Waals surface area contributed by atoms with E-state index in [1.807, 2.05) is 22.7 Å². The van der Waals surface area contributed by atoms with Crippen LogP contribution in [-0.2, 0) is 0 Å². The topological polar surface area (TPSA) is 6.48 Å². The maximum atomic E-state index is 2.36. The van der Waals surface area contributed by atoms with Gasteiger partial charge in [-0.3, -0.25) is 0 Å². The monoisotopic (exact) mass is 660 g/mol. The zero-order chi connectivity index (χ0) is 33.4. The van der Waals surface area contributed by atoms with Crippen LogP contribution in [0.2, 0.25) is 0 Å². The summed E-state index contributed by atoms with van der Waals surface area (Å²) in [5, 5.41) is 0. The second kappa shape index (κ2) is 13.3. The highest BCUT2D eigenvalue weighted by atomic mass is 32.1. The van der Waals surface area contributed by atoms with Crippen molar-refractivity contribution in [1.82, 2.24) is 0 Å². The largest absolute Gasteiger partial charge is 0.310 e. The van der Waals surface area contributed by atoms with E-state index in [9.17, 15) is 0 Å². The summed E-state index contributed by atoms with van der Waals surface area (Å²) in [5.74, 6) is 0. The van der Waals surface area contributed by atoms with Crippen LogP contribution in [0.4, 0.5) is 34.1 Å². The highest BCUT2D eigenvalue weighted by molar-refractivity contribution is 7.15. The SMILES string of the molecule is Cc1ccc(-c2ccc(N(c3ccc(N(c4ccc(-c5ccc(C)s5)cc4)c4ccc(C)c(C)c4)cc3)c3ccc(C)c(C)c3)cc2)s1. The third-order valence-corrected chi connectivity index (χ3v) is 11.3. The Morgan fingerprint density at radius 1 is 0.312 bits per heavy atom. The van der Waals surface area contributed by atoms with Gasteiger partial charge in [-0.05, 0) is 172 Å². The van der Waals surface area contributed by atoms with E-state index >= 15 is 0 Å². The van der Waals surface area contributed by atoms with Gasteiger partial charge in [0.25, 0.3) is 0 Å². The molecule has 0 unspecified atom stereocenters. The number of rotatable bonds is 8. The molecule has 2 aromatic heterocycles. The van der Waals surface area contributed by atoms with Gasteiger partial charge in [-0.1, -0.05) is 36.4 Å². The Bertz CT molecular complexity index is 2030. The first kappa shape index (κ1) is 31.7. The minimum atomic E-state index is 1.12. The number of hydrogen-bond acceptors (Lipinski definition) is 4. The lowest BCUT2D eigenvalue weighted by Gasteiger charge is -2.29. The van der Waals surface area contributed by atoms with Gasteiger partial charge >= 0.3 is 0 Å². The molecule has 238 valence electrons. The number of aryl methyl sites for hydroxylation is 6. The lowest BCUT2D eigenvalue weighted by atomic mass is 10.1. The smallest absolute Gasteiger partial charge is 0.0464 e. The highest BCUT2D eigenvalue weighted by Crippen LogP contribution is 2.41. The van der Waals surface area contributed by atoms with Gasteiger partial charge in [0, 0.05) is 53.6 Å². The predicted molar refractivity (Wildman–Crippen MR) is 211 cm³/mol. The van der Waals surface area contributed by atoms with Gasteiger partial charge in [0.2, 0.25) is 0 Å². The molecule has 0 bridgehead atoms. The molecule has 0 aliphatic rings. The molecule has 0 radical (unpaired) electrons. The fourth-order valence-electron chi connectivity index (χ4n) is 6.10. The molecule has 0 fully saturated rings. The van der Waals surface area contributed by atoms with Crippen LogP contribution < -0.4 is 9.80 Å². The second-order valence-electron chi connectivity index (χ2n) is 12.6. The average Bonchev–Trinajstić information content (AvgIpc) is 3.74. The molecule has 0 saturated carbocycles. The lowest BCUT2D eigenvalue weighted by molar-refractivity contribution is 1.23. The Labute approximate surface area is 293 Å². The molecule has 2 nitrogen and oxygen atoms in total. The Morgan fingerprint density at radius 2 is 0.625 bits per heavy atom. The summed E-state index contributed by atoms with van der Waals surface area (Å²) in [6, 6.07) is 49.2. The summed E-state index contributed by atoms with van der Waals surface area (Å²) < 4.78 is 0. The van der Waals surface area contributed by atoms with Crippen LogP contribution in [0.1, 0.15) is 32.0 Å². The number of thiophene rings is 2. The molecule has 0 spiro atoms. The maximum Gasteiger partial charge on any atom is 0.0464 e. The second-order valence-corrected chi connectivity index (χ2v) is 15.2. The third-order valence-electron chi connectivity index (χ3n) is 9.16. The van der Waals surface area contributed by atoms with Gasteiger partial charge in [-0.15, -0.1) is 22.7 Å². The van der Waals surface area contributed by atoms with Gasteiger partial charge in [-0.25, -0.2) is 0 Å². The van der Waals surface area contributed by atoms with Crippen molar-refractivity contribution in [1.29, 1.82) is 0 Å². The van der Waals surface area contributed by atoms with Crippen molar-refractivity contribution in [3.63, 3.8) is 0 Å². The van der Waals surface area contributed by atoms with E-state index in [0.717, 1.165) is 34.1 Å². The first-order valence-electron chi connectivity index (χ1n) is 16.4. The van der Waals surface area contributed by atoms with Crippen LogP contribution in [0.5, 0.6) is 0 Å². The van der Waals surface area contributed by atoms with Crippen LogP contribution >= 0.6 is 22.7 Å². The molecular weight excluding hydrogens is 621 g/mol. The molecule has 0 saturated heterocycles. The molecule has 4 heteroatoms. The van der Waals surface area contributed by atoms with E-state index in [-0.39, 0.29) is 0 Å². The Hall–Kier alpha value is -4.90. The molecule has 7 rings (SSSR count). The molecule has 2 heterocycles. The Kier molecular flexibility index (Phi) is 8.79. The van der Waals surface area contributed by atoms with Crippen molar-refractivity contribution < 1.29 is 0 Å². The van der Waals surface area contributed by atoms with Crippen molar-refractivity contribution >= 4 is 56.8 Å². The van der Waals surface area contributed by atoms with Crippen LogP contribution in [0.15, 0.2) is 133 Å². The quantitative estimate of drug-likeness (QED) is 0.160. The van der Waals surface area contributed by atoms with Gasteiger partial charge in [0.05, 0.1) is 0 Å². The molecule has 0 amide bonds. The van der Waals surface area contributed by atoms with Gasteiger partial charge in [0.15, 0.2) is 0 Å². The van der Waals surface area contributed by atoms with E-state index in [1.165, 1.54) is 52.9 Å². The normalized spacial score (nSPS) is 11.1. The first-order valence-corrected chi connectivity index (χ1v) is 18.1. The number of anilines is 6. The van der Waals surface area contributed by atoms with E-state index in [1.54, 1.807) is 0 Å². The zero-order valence-corrected chi connectivity index (χ0v) is 30.0. The van der Waals surface area contributed by atoms with Gasteiger partial charge in [-0.2, -0.15) is 0 Å². The minimum absolute atomic E-state index is 1.12. The first-order chi connectivity index (χ1) is 23.2. The number of benzene rings is 5. The standard InChI is InChI=1S/C44H40N2S2/c1-29-7-15-41(27-31(29)3)45(37-17-11-35(12-18-37)43-25-9-33(5)47-43)39-21-23-40(24-22-39)46(42-16-8-30(2)32(4)28-42)38-19-13-36(14-20-38)44-26-10-34(6)48-44/h7-28H,1-6H3. The summed E-state index contributed by atoms with van der Waals surface area (Å²) >= 11 is 3.67. The average molecular weight is 661 g/mol. The minimum Gasteiger partial charge on any atom is -0.310 e. The molecule has 0 atom stereocenters. The van der Waals surface area contributed by atoms with Crippen molar-refractivity contribution in [2.24, 2.45) is 0 Å². The zero-order valence-electron chi connectivity index (χ0n) is 28.4. The van der Waals surface area contributed by atoms with Crippen LogP contribution in [0, 0.1) is 41.5 Å². The predicted octanol–water partition coefficient (Wildman–Crippen LogP) is 13.9. The fourth-order valence-corrected chi connectivity index (χ4v) is 7.85. The van der Waals surface area contributed by atoms with Crippen molar-refractivity contribution in [3.8, 4) is 20.9 Å². The van der Waals surface area contributed by atoms with Crippen LogP contribution in [0.25, 0.3) is 20.9 Å². The third kappa shape index (κ3) is 6.47. The molecule has 0 N–H and O–H groups in total. The van der Waals surface area contributed by atoms with E-state index < -0.39 is 0 Å². The molecule has 0 aliphatic heterocycles. The summed E-state index contributed by atoms with van der Waals surface area (Å²) in [4.78, 5) is 9.97. The van der Waals surface area contributed by atoms with Gasteiger partial charge < -0.3 is 9.80 Å². The van der Waals surface area contributed by atoms with E-state index in [0.29, 0.717) is 0 Å². The molecule has 0 aliphatic carbocycles. The number of nitrogens with zero attached hydrogens (tertiary/aromatic N) is 2. The Morgan fingerprint density at radius 3 is 0.917 bits per heavy atom. The lowest BCUT2D eigenvalue weighted by Crippen LogP contribution is -2.12. The maximum absolute atomic E-state index is 2.36. The molecular formula is C44H40N2S2. The molecule has 5 aromatic carbocycles. The van der Waals surface area contributed by atoms with E-state index in [2.05, 4.69) is 185 Å². The van der Waals surface area contributed by atoms with Crippen molar-refractivity contribution in [2.45, 2.75) is 41.5 Å². The molecule has 7 aromatic rings. The van der Waals surface area contributed by atoms with Gasteiger partial charge in [0.1, 0.15) is 0 Å². The van der Waals surface area contributed by atoms with Crippen molar-refractivity contribution in [3.05, 3.63) is 165 Å². The van der Waals surface area contributed by atoms with Crippen molar-refractivity contribution in [2.75, 3.05) is 9.80 Å². The summed E-state index contributed by atoms with van der Waals surface area (Å²) in [7, 11) is 0. The van der Waals surface area contributed by atoms with Crippen LogP contribution in [-0.4, -0.2) is 0 Å². The fraction of sp³-hybridized carbons (Fsp3) is 0.136. The highest BCUT2D eigenvalue weighted by Gasteiger charge is 2.17. The van der Waals surface area contributed by atoms with E-state index in [4.69, 9.17) is 0 Å². The van der Waals surface area contributed by atoms with Crippen LogP contribution in [0.3, 0.4) is 0 Å². The summed E-state index contributed by atoms with van der Waals surface area (Å²) in [6.07, 6.45) is 0. The number of hydrogen-bond donors (Lipinski definition) is 0.